The van der Waals surface area contributed by atoms with Gasteiger partial charge < -0.3 is 14.8 Å². The molecule has 4 heterocycles. The van der Waals surface area contributed by atoms with Crippen molar-refractivity contribution >= 4 is 34.4 Å². The smallest absolute Gasteiger partial charge is 0.310 e. The minimum Gasteiger partial charge on any atom is -0.310 e. The largest absolute Gasteiger partial charge is 0.323 e. The first kappa shape index (κ1) is 19.8. The van der Waals surface area contributed by atoms with E-state index in [1.807, 2.05) is 47.4 Å². The third-order valence-corrected chi connectivity index (χ3v) is 8.90. The number of anilines is 1. The highest BCUT2D eigenvalue weighted by molar-refractivity contribution is 7.15. The first-order valence-electron chi connectivity index (χ1n) is 11.2. The second kappa shape index (κ2) is 7.94. The normalized spacial score (nSPS) is 17.3. The Balaban J connectivity index is 1.50. The molecule has 6 heteroatoms. The minimum absolute atomic E-state index is 0.0472. The SMILES string of the molecule is Cc1ccccc1NC(=O)N1Cc2c(sc3c2CCCC3)-n2cccc2[C@@H]1c1cccs1. The summed E-state index contributed by atoms with van der Waals surface area (Å²) in [5.41, 5.74) is 5.91. The van der Waals surface area contributed by atoms with Crippen LogP contribution in [0.4, 0.5) is 10.5 Å². The number of fused-ring (bicyclic) bond motifs is 5. The van der Waals surface area contributed by atoms with E-state index in [9.17, 15) is 4.79 Å². The molecule has 162 valence electrons. The second-order valence-corrected chi connectivity index (χ2v) is 10.7. The Bertz CT molecular complexity index is 1280. The summed E-state index contributed by atoms with van der Waals surface area (Å²) >= 11 is 3.64. The van der Waals surface area contributed by atoms with Crippen LogP contribution in [-0.2, 0) is 19.4 Å². The second-order valence-electron chi connectivity index (χ2n) is 8.59. The van der Waals surface area contributed by atoms with Gasteiger partial charge in [-0.05, 0) is 73.4 Å². The number of carbonyl (C=O) groups is 1. The Hall–Kier alpha value is -2.83. The lowest BCUT2D eigenvalue weighted by molar-refractivity contribution is 0.195. The van der Waals surface area contributed by atoms with Crippen LogP contribution in [0.1, 0.15) is 51.0 Å². The van der Waals surface area contributed by atoms with E-state index in [1.165, 1.54) is 38.7 Å². The van der Waals surface area contributed by atoms with Crippen molar-refractivity contribution in [2.24, 2.45) is 0 Å². The van der Waals surface area contributed by atoms with E-state index in [0.29, 0.717) is 6.54 Å². The van der Waals surface area contributed by atoms with Crippen molar-refractivity contribution in [3.05, 3.63) is 92.2 Å². The maximum absolute atomic E-state index is 13.8. The lowest BCUT2D eigenvalue weighted by Gasteiger charge is -2.30. The number of thiophene rings is 2. The number of urea groups is 1. The van der Waals surface area contributed by atoms with Crippen molar-refractivity contribution in [2.75, 3.05) is 5.32 Å². The van der Waals surface area contributed by atoms with Gasteiger partial charge in [-0.1, -0.05) is 24.3 Å². The van der Waals surface area contributed by atoms with Gasteiger partial charge in [0, 0.05) is 27.2 Å². The standard InChI is InChI=1S/C26H25N3OS2/c1-17-8-2-4-10-20(17)27-26(30)29-16-19-18-9-3-5-12-22(18)32-25(19)28-14-6-11-21(28)24(29)23-13-7-15-31-23/h2,4,6-8,10-11,13-15,24H,3,5,9,12,16H2,1H3,(H,27,30)/t24-/m1/s1. The van der Waals surface area contributed by atoms with Crippen LogP contribution in [0.15, 0.2) is 60.1 Å². The Morgan fingerprint density at radius 3 is 2.75 bits per heavy atom. The number of benzene rings is 1. The number of rotatable bonds is 2. The van der Waals surface area contributed by atoms with Crippen LogP contribution in [0, 0.1) is 6.92 Å². The maximum Gasteiger partial charge on any atom is 0.323 e. The lowest BCUT2D eigenvalue weighted by Crippen LogP contribution is -2.38. The molecule has 0 radical (unpaired) electrons. The summed E-state index contributed by atoms with van der Waals surface area (Å²) in [5, 5.41) is 6.61. The molecule has 1 aromatic carbocycles. The Kier molecular flexibility index (Phi) is 4.92. The van der Waals surface area contributed by atoms with Gasteiger partial charge in [-0.2, -0.15) is 0 Å². The predicted molar refractivity (Wildman–Crippen MR) is 132 cm³/mol. The molecule has 2 amide bonds. The molecule has 1 aliphatic carbocycles. The summed E-state index contributed by atoms with van der Waals surface area (Å²) in [6.07, 6.45) is 6.94. The predicted octanol–water partition coefficient (Wildman–Crippen LogP) is 6.92. The quantitative estimate of drug-likeness (QED) is 0.347. The Morgan fingerprint density at radius 2 is 1.91 bits per heavy atom. The highest BCUT2D eigenvalue weighted by Gasteiger charge is 2.36. The van der Waals surface area contributed by atoms with Crippen molar-refractivity contribution in [1.82, 2.24) is 9.47 Å². The number of aryl methyl sites for hydroxylation is 2. The van der Waals surface area contributed by atoms with Gasteiger partial charge in [0.15, 0.2) is 0 Å². The summed E-state index contributed by atoms with van der Waals surface area (Å²) in [6, 6.07) is 16.3. The molecule has 0 bridgehead atoms. The molecular formula is C26H25N3OS2. The molecule has 0 saturated heterocycles. The molecule has 0 unspecified atom stereocenters. The van der Waals surface area contributed by atoms with Crippen molar-refractivity contribution in [1.29, 1.82) is 0 Å². The van der Waals surface area contributed by atoms with Crippen LogP contribution in [0.5, 0.6) is 0 Å². The number of hydrogen-bond acceptors (Lipinski definition) is 3. The molecule has 32 heavy (non-hydrogen) atoms. The molecular weight excluding hydrogens is 434 g/mol. The highest BCUT2D eigenvalue weighted by Crippen LogP contribution is 2.44. The summed E-state index contributed by atoms with van der Waals surface area (Å²) in [6.45, 7) is 2.66. The fourth-order valence-electron chi connectivity index (χ4n) is 5.03. The Morgan fingerprint density at radius 1 is 1.03 bits per heavy atom. The summed E-state index contributed by atoms with van der Waals surface area (Å²) in [7, 11) is 0. The molecule has 0 fully saturated rings. The van der Waals surface area contributed by atoms with Crippen LogP contribution in [0.2, 0.25) is 0 Å². The molecule has 1 N–H and O–H groups in total. The topological polar surface area (TPSA) is 37.3 Å². The number of nitrogens with one attached hydrogen (secondary N) is 1. The molecule has 1 aliphatic heterocycles. The van der Waals surface area contributed by atoms with Gasteiger partial charge in [-0.15, -0.1) is 22.7 Å². The van der Waals surface area contributed by atoms with Crippen LogP contribution < -0.4 is 5.32 Å². The van der Waals surface area contributed by atoms with E-state index >= 15 is 0 Å². The van der Waals surface area contributed by atoms with Crippen LogP contribution in [0.3, 0.4) is 0 Å². The average molecular weight is 460 g/mol. The number of hydrogen-bond donors (Lipinski definition) is 1. The number of nitrogens with zero attached hydrogens (tertiary/aromatic N) is 2. The third-order valence-electron chi connectivity index (χ3n) is 6.64. The van der Waals surface area contributed by atoms with E-state index in [4.69, 9.17) is 0 Å². The van der Waals surface area contributed by atoms with Gasteiger partial charge >= 0.3 is 6.03 Å². The van der Waals surface area contributed by atoms with E-state index in [-0.39, 0.29) is 12.1 Å². The molecule has 3 aromatic heterocycles. The number of carbonyl (C=O) groups excluding carboxylic acids is 1. The first-order valence-corrected chi connectivity index (χ1v) is 12.9. The maximum atomic E-state index is 13.8. The zero-order valence-electron chi connectivity index (χ0n) is 18.0. The third kappa shape index (κ3) is 3.21. The van der Waals surface area contributed by atoms with E-state index in [2.05, 4.69) is 45.7 Å². The number of para-hydroxylation sites is 1. The minimum atomic E-state index is -0.118. The van der Waals surface area contributed by atoms with Crippen LogP contribution in [0.25, 0.3) is 5.00 Å². The van der Waals surface area contributed by atoms with Crippen molar-refractivity contribution in [3.63, 3.8) is 0 Å². The van der Waals surface area contributed by atoms with E-state index < -0.39 is 0 Å². The fraction of sp³-hybridized carbons (Fsp3) is 0.269. The van der Waals surface area contributed by atoms with E-state index in [0.717, 1.165) is 29.8 Å². The molecule has 6 rings (SSSR count). The van der Waals surface area contributed by atoms with Gasteiger partial charge in [-0.3, -0.25) is 0 Å². The molecule has 4 nitrogen and oxygen atoms in total. The summed E-state index contributed by atoms with van der Waals surface area (Å²) < 4.78 is 2.34. The highest BCUT2D eigenvalue weighted by atomic mass is 32.1. The van der Waals surface area contributed by atoms with E-state index in [1.54, 1.807) is 11.3 Å². The Labute approximate surface area is 196 Å². The molecule has 0 saturated carbocycles. The first-order chi connectivity index (χ1) is 15.7. The average Bonchev–Trinajstić information content (AvgIpc) is 3.55. The summed E-state index contributed by atoms with van der Waals surface area (Å²) in [4.78, 5) is 18.6. The molecule has 1 atom stereocenters. The van der Waals surface area contributed by atoms with Gasteiger partial charge in [-0.25, -0.2) is 4.79 Å². The van der Waals surface area contributed by atoms with Crippen molar-refractivity contribution in [2.45, 2.75) is 45.2 Å². The fourth-order valence-corrected chi connectivity index (χ4v) is 7.29. The van der Waals surface area contributed by atoms with Gasteiger partial charge in [0.25, 0.3) is 0 Å². The molecule has 0 spiro atoms. The summed E-state index contributed by atoms with van der Waals surface area (Å²) in [5.74, 6) is 0. The van der Waals surface area contributed by atoms with Crippen molar-refractivity contribution in [3.8, 4) is 5.00 Å². The van der Waals surface area contributed by atoms with Gasteiger partial charge in [0.2, 0.25) is 0 Å². The molecule has 2 aliphatic rings. The number of amides is 2. The van der Waals surface area contributed by atoms with Crippen LogP contribution >= 0.6 is 22.7 Å². The van der Waals surface area contributed by atoms with Crippen LogP contribution in [-0.4, -0.2) is 15.5 Å². The zero-order chi connectivity index (χ0) is 21.7. The van der Waals surface area contributed by atoms with Gasteiger partial charge in [0.05, 0.1) is 12.2 Å². The monoisotopic (exact) mass is 459 g/mol. The van der Waals surface area contributed by atoms with Gasteiger partial charge in [0.1, 0.15) is 11.0 Å². The zero-order valence-corrected chi connectivity index (χ0v) is 19.6. The molecule has 4 aromatic rings. The number of aromatic nitrogens is 1. The lowest BCUT2D eigenvalue weighted by atomic mass is 9.95. The van der Waals surface area contributed by atoms with Crippen molar-refractivity contribution < 1.29 is 4.79 Å².